The molecule has 0 radical (unpaired) electrons. The molecule has 2 rings (SSSR count). The molecule has 2 aromatic rings. The van der Waals surface area contributed by atoms with Crippen molar-refractivity contribution in [2.45, 2.75) is 6.92 Å². The minimum atomic E-state index is 0.607. The summed E-state index contributed by atoms with van der Waals surface area (Å²) >= 11 is 3.42. The fraction of sp³-hybridized carbons (Fsp3) is 0.111. The van der Waals surface area contributed by atoms with E-state index in [9.17, 15) is 0 Å². The lowest BCUT2D eigenvalue weighted by molar-refractivity contribution is 1.14. The Kier molecular flexibility index (Phi) is 2.35. The number of aromatic nitrogens is 2. The molecule has 0 fully saturated rings. The number of benzene rings is 1. The number of nitrogens with one attached hydrogen (secondary N) is 1. The molecular formula is C9H9BrN4. The van der Waals surface area contributed by atoms with E-state index in [1.807, 2.05) is 25.1 Å². The van der Waals surface area contributed by atoms with Gasteiger partial charge in [0.1, 0.15) is 5.52 Å². The van der Waals surface area contributed by atoms with Crippen LogP contribution in [0.1, 0.15) is 5.69 Å². The summed E-state index contributed by atoms with van der Waals surface area (Å²) in [4.78, 5) is 8.72. The largest absolute Gasteiger partial charge is 0.307 e. The highest BCUT2D eigenvalue weighted by molar-refractivity contribution is 9.10. The number of para-hydroxylation sites is 1. The number of hydrazine groups is 1. The van der Waals surface area contributed by atoms with Crippen molar-refractivity contribution < 1.29 is 0 Å². The molecule has 3 N–H and O–H groups in total. The zero-order chi connectivity index (χ0) is 10.1. The lowest BCUT2D eigenvalue weighted by Gasteiger charge is -2.05. The van der Waals surface area contributed by atoms with E-state index in [1.54, 1.807) is 0 Å². The summed E-state index contributed by atoms with van der Waals surface area (Å²) in [6, 6.07) is 5.75. The van der Waals surface area contributed by atoms with Gasteiger partial charge in [0, 0.05) is 4.47 Å². The van der Waals surface area contributed by atoms with E-state index in [0.29, 0.717) is 5.82 Å². The van der Waals surface area contributed by atoms with Crippen molar-refractivity contribution in [2.75, 3.05) is 5.43 Å². The molecule has 1 aromatic carbocycles. The lowest BCUT2D eigenvalue weighted by Crippen LogP contribution is -2.11. The van der Waals surface area contributed by atoms with E-state index in [0.717, 1.165) is 21.2 Å². The number of hydrogen-bond donors (Lipinski definition) is 2. The van der Waals surface area contributed by atoms with Crippen molar-refractivity contribution in [1.82, 2.24) is 9.97 Å². The zero-order valence-electron chi connectivity index (χ0n) is 7.58. The Morgan fingerprint density at radius 2 is 2.14 bits per heavy atom. The molecule has 72 valence electrons. The maximum atomic E-state index is 5.32. The fourth-order valence-electron chi connectivity index (χ4n) is 1.26. The molecule has 0 aliphatic rings. The second kappa shape index (κ2) is 3.51. The molecule has 14 heavy (non-hydrogen) atoms. The van der Waals surface area contributed by atoms with E-state index in [1.165, 1.54) is 0 Å². The molecule has 0 aliphatic heterocycles. The number of hydrogen-bond acceptors (Lipinski definition) is 4. The van der Waals surface area contributed by atoms with Crippen LogP contribution in [0.5, 0.6) is 0 Å². The van der Waals surface area contributed by atoms with Crippen molar-refractivity contribution in [3.8, 4) is 0 Å². The third-order valence-electron chi connectivity index (χ3n) is 1.96. The molecule has 0 spiro atoms. The lowest BCUT2D eigenvalue weighted by atomic mass is 10.3. The number of nitrogens with zero attached hydrogens (tertiary/aromatic N) is 2. The Morgan fingerprint density at radius 3 is 2.86 bits per heavy atom. The molecule has 5 heteroatoms. The van der Waals surface area contributed by atoms with Gasteiger partial charge in [0.25, 0.3) is 0 Å². The maximum absolute atomic E-state index is 5.32. The predicted octanol–water partition coefficient (Wildman–Crippen LogP) is 1.99. The van der Waals surface area contributed by atoms with Crippen LogP contribution in [-0.4, -0.2) is 9.97 Å². The molecule has 0 amide bonds. The van der Waals surface area contributed by atoms with Crippen LogP contribution in [0.25, 0.3) is 11.0 Å². The highest BCUT2D eigenvalue weighted by atomic mass is 79.9. The van der Waals surface area contributed by atoms with Gasteiger partial charge in [-0.25, -0.2) is 15.8 Å². The summed E-state index contributed by atoms with van der Waals surface area (Å²) in [7, 11) is 0. The van der Waals surface area contributed by atoms with Crippen molar-refractivity contribution in [3.05, 3.63) is 28.4 Å². The van der Waals surface area contributed by atoms with E-state index in [2.05, 4.69) is 31.3 Å². The van der Waals surface area contributed by atoms with Gasteiger partial charge in [-0.3, -0.25) is 0 Å². The molecule has 0 saturated carbocycles. The van der Waals surface area contributed by atoms with E-state index < -0.39 is 0 Å². The number of anilines is 1. The first-order chi connectivity index (χ1) is 6.72. The average molecular weight is 253 g/mol. The van der Waals surface area contributed by atoms with Gasteiger partial charge in [0.2, 0.25) is 0 Å². The van der Waals surface area contributed by atoms with Gasteiger partial charge < -0.3 is 5.43 Å². The molecule has 4 nitrogen and oxygen atoms in total. The van der Waals surface area contributed by atoms with E-state index in [4.69, 9.17) is 5.84 Å². The normalized spacial score (nSPS) is 10.5. The first-order valence-corrected chi connectivity index (χ1v) is 4.91. The Balaban J connectivity index is 2.79. The summed E-state index contributed by atoms with van der Waals surface area (Å²) in [5, 5.41) is 0. The summed E-state index contributed by atoms with van der Waals surface area (Å²) < 4.78 is 0.939. The summed E-state index contributed by atoms with van der Waals surface area (Å²) in [6.07, 6.45) is 0. The topological polar surface area (TPSA) is 63.8 Å². The third kappa shape index (κ3) is 1.44. The van der Waals surface area contributed by atoms with E-state index in [-0.39, 0.29) is 0 Å². The van der Waals surface area contributed by atoms with Gasteiger partial charge in [-0.15, -0.1) is 0 Å². The minimum absolute atomic E-state index is 0.607. The first-order valence-electron chi connectivity index (χ1n) is 4.12. The van der Waals surface area contributed by atoms with Gasteiger partial charge in [-0.2, -0.15) is 0 Å². The molecule has 0 saturated heterocycles. The first kappa shape index (κ1) is 9.36. The number of fused-ring (bicyclic) bond motifs is 1. The molecule has 0 bridgehead atoms. The SMILES string of the molecule is Cc1nc2c(Br)cccc2nc1NN. The zero-order valence-corrected chi connectivity index (χ0v) is 9.17. The van der Waals surface area contributed by atoms with Crippen LogP contribution in [0, 0.1) is 6.92 Å². The molecule has 1 aromatic heterocycles. The maximum Gasteiger partial charge on any atom is 0.162 e. The van der Waals surface area contributed by atoms with Crippen LogP contribution in [0.4, 0.5) is 5.82 Å². The minimum Gasteiger partial charge on any atom is -0.307 e. The second-order valence-corrected chi connectivity index (χ2v) is 3.76. The molecule has 1 heterocycles. The van der Waals surface area contributed by atoms with Gasteiger partial charge in [-0.1, -0.05) is 6.07 Å². The quantitative estimate of drug-likeness (QED) is 0.602. The highest BCUT2D eigenvalue weighted by Crippen LogP contribution is 2.22. The van der Waals surface area contributed by atoms with Gasteiger partial charge in [0.05, 0.1) is 11.2 Å². The van der Waals surface area contributed by atoms with E-state index >= 15 is 0 Å². The third-order valence-corrected chi connectivity index (χ3v) is 2.60. The molecular weight excluding hydrogens is 244 g/mol. The van der Waals surface area contributed by atoms with Gasteiger partial charge in [0.15, 0.2) is 5.82 Å². The standard InChI is InChI=1S/C9H9BrN4/c1-5-9(14-11)13-7-4-2-3-6(10)8(7)12-5/h2-4H,11H2,1H3,(H,13,14). The Hall–Kier alpha value is -1.20. The number of aryl methyl sites for hydroxylation is 1. The Labute approximate surface area is 89.6 Å². The van der Waals surface area contributed by atoms with Crippen LogP contribution < -0.4 is 11.3 Å². The van der Waals surface area contributed by atoms with Gasteiger partial charge in [-0.05, 0) is 35.0 Å². The number of halogens is 1. The highest BCUT2D eigenvalue weighted by Gasteiger charge is 2.05. The number of nitrogen functional groups attached to an aromatic ring is 1. The summed E-state index contributed by atoms with van der Waals surface area (Å²) in [5.41, 5.74) is 4.97. The second-order valence-electron chi connectivity index (χ2n) is 2.91. The van der Waals surface area contributed by atoms with Crippen LogP contribution in [0.2, 0.25) is 0 Å². The van der Waals surface area contributed by atoms with Crippen LogP contribution in [0.15, 0.2) is 22.7 Å². The Bertz CT molecular complexity index is 483. The molecule has 0 aliphatic carbocycles. The smallest absolute Gasteiger partial charge is 0.162 e. The fourth-order valence-corrected chi connectivity index (χ4v) is 1.71. The predicted molar refractivity (Wildman–Crippen MR) is 59.8 cm³/mol. The van der Waals surface area contributed by atoms with Crippen LogP contribution >= 0.6 is 15.9 Å². The van der Waals surface area contributed by atoms with Crippen LogP contribution in [0.3, 0.4) is 0 Å². The van der Waals surface area contributed by atoms with Crippen LogP contribution in [-0.2, 0) is 0 Å². The summed E-state index contributed by atoms with van der Waals surface area (Å²) in [5.74, 6) is 5.92. The summed E-state index contributed by atoms with van der Waals surface area (Å²) in [6.45, 7) is 1.86. The van der Waals surface area contributed by atoms with Crippen molar-refractivity contribution in [3.63, 3.8) is 0 Å². The monoisotopic (exact) mass is 252 g/mol. The van der Waals surface area contributed by atoms with Gasteiger partial charge >= 0.3 is 0 Å². The average Bonchev–Trinajstić information content (AvgIpc) is 2.19. The number of nitrogens with two attached hydrogens (primary N) is 1. The Morgan fingerprint density at radius 1 is 1.36 bits per heavy atom. The van der Waals surface area contributed by atoms with Crippen molar-refractivity contribution in [2.24, 2.45) is 5.84 Å². The van der Waals surface area contributed by atoms with Crippen molar-refractivity contribution in [1.29, 1.82) is 0 Å². The molecule has 0 unspecified atom stereocenters. The van der Waals surface area contributed by atoms with Crippen molar-refractivity contribution >= 4 is 32.8 Å². The number of rotatable bonds is 1. The molecule has 0 atom stereocenters.